The Morgan fingerprint density at radius 3 is 2.58 bits per heavy atom. The number of allylic oxidation sites excluding steroid dienone is 1. The Balaban J connectivity index is 2.77. The number of hydrogen-bond donors (Lipinski definition) is 0. The van der Waals surface area contributed by atoms with Crippen LogP contribution in [0.5, 0.6) is 0 Å². The lowest BCUT2D eigenvalue weighted by Crippen LogP contribution is -2.20. The lowest BCUT2D eigenvalue weighted by molar-refractivity contribution is -0.144. The topological polar surface area (TPSA) is 26.3 Å². The van der Waals surface area contributed by atoms with Crippen LogP contribution >= 0.6 is 0 Å². The lowest BCUT2D eigenvalue weighted by atomic mass is 9.92. The Kier molecular flexibility index (Phi) is 6.94. The maximum absolute atomic E-state index is 11.9. The SMILES string of the molecule is CCCC/C=C(\C)C(Cc1ccccc1)C(=O)OC. The molecule has 0 aromatic heterocycles. The molecule has 0 saturated carbocycles. The van der Waals surface area contributed by atoms with Gasteiger partial charge in [0, 0.05) is 0 Å². The van der Waals surface area contributed by atoms with Gasteiger partial charge in [-0.2, -0.15) is 0 Å². The standard InChI is InChI=1S/C17H24O2/c1-4-5-7-10-14(2)16(17(18)19-3)13-15-11-8-6-9-12-15/h6,8-12,16H,4-5,7,13H2,1-3H3/b14-10+. The van der Waals surface area contributed by atoms with Crippen molar-refractivity contribution in [2.75, 3.05) is 7.11 Å². The van der Waals surface area contributed by atoms with Gasteiger partial charge < -0.3 is 4.74 Å². The van der Waals surface area contributed by atoms with Crippen molar-refractivity contribution in [1.29, 1.82) is 0 Å². The van der Waals surface area contributed by atoms with Crippen molar-refractivity contribution < 1.29 is 9.53 Å². The number of unbranched alkanes of at least 4 members (excludes halogenated alkanes) is 2. The van der Waals surface area contributed by atoms with Gasteiger partial charge in [-0.05, 0) is 25.3 Å². The third-order valence-corrected chi connectivity index (χ3v) is 3.34. The minimum absolute atomic E-state index is 0.144. The minimum atomic E-state index is -0.163. The monoisotopic (exact) mass is 260 g/mol. The summed E-state index contributed by atoms with van der Waals surface area (Å²) in [4.78, 5) is 11.9. The summed E-state index contributed by atoms with van der Waals surface area (Å²) in [5.41, 5.74) is 2.28. The summed E-state index contributed by atoms with van der Waals surface area (Å²) in [6, 6.07) is 10.1. The van der Waals surface area contributed by atoms with Crippen LogP contribution in [0.25, 0.3) is 0 Å². The van der Waals surface area contributed by atoms with Crippen LogP contribution in [-0.4, -0.2) is 13.1 Å². The molecule has 19 heavy (non-hydrogen) atoms. The minimum Gasteiger partial charge on any atom is -0.469 e. The van der Waals surface area contributed by atoms with E-state index in [1.54, 1.807) is 0 Å². The number of methoxy groups -OCH3 is 1. The van der Waals surface area contributed by atoms with Crippen molar-refractivity contribution in [2.24, 2.45) is 5.92 Å². The van der Waals surface area contributed by atoms with Crippen LogP contribution in [-0.2, 0) is 16.0 Å². The van der Waals surface area contributed by atoms with Crippen molar-refractivity contribution in [1.82, 2.24) is 0 Å². The molecule has 1 aromatic carbocycles. The second-order valence-electron chi connectivity index (χ2n) is 4.86. The largest absolute Gasteiger partial charge is 0.469 e. The third kappa shape index (κ3) is 5.29. The van der Waals surface area contributed by atoms with Gasteiger partial charge in [-0.3, -0.25) is 4.79 Å². The lowest BCUT2D eigenvalue weighted by Gasteiger charge is -2.15. The smallest absolute Gasteiger partial charge is 0.313 e. The van der Waals surface area contributed by atoms with Crippen LogP contribution in [0.1, 0.15) is 38.7 Å². The molecule has 1 aromatic rings. The van der Waals surface area contributed by atoms with Gasteiger partial charge in [0.1, 0.15) is 0 Å². The molecular formula is C17H24O2. The van der Waals surface area contributed by atoms with Crippen molar-refractivity contribution in [3.63, 3.8) is 0 Å². The first-order valence-corrected chi connectivity index (χ1v) is 6.97. The summed E-state index contributed by atoms with van der Waals surface area (Å²) in [5.74, 6) is -0.307. The molecular weight excluding hydrogens is 236 g/mol. The fourth-order valence-corrected chi connectivity index (χ4v) is 2.10. The van der Waals surface area contributed by atoms with E-state index in [1.807, 2.05) is 25.1 Å². The summed E-state index contributed by atoms with van der Waals surface area (Å²) in [6.45, 7) is 4.20. The van der Waals surface area contributed by atoms with Gasteiger partial charge in [-0.1, -0.05) is 61.7 Å². The fraction of sp³-hybridized carbons (Fsp3) is 0.471. The highest BCUT2D eigenvalue weighted by Gasteiger charge is 2.21. The summed E-state index contributed by atoms with van der Waals surface area (Å²) in [7, 11) is 1.46. The van der Waals surface area contributed by atoms with E-state index in [0.29, 0.717) is 6.42 Å². The first-order valence-electron chi connectivity index (χ1n) is 6.97. The number of carbonyl (C=O) groups is 1. The van der Waals surface area contributed by atoms with Gasteiger partial charge in [0.2, 0.25) is 0 Å². The van der Waals surface area contributed by atoms with E-state index in [1.165, 1.54) is 19.1 Å². The second kappa shape index (κ2) is 8.52. The summed E-state index contributed by atoms with van der Waals surface area (Å²) in [5, 5.41) is 0. The molecule has 0 radical (unpaired) electrons. The van der Waals surface area contributed by atoms with Crippen LogP contribution in [0.4, 0.5) is 0 Å². The maximum atomic E-state index is 11.9. The highest BCUT2D eigenvalue weighted by atomic mass is 16.5. The number of ether oxygens (including phenoxy) is 1. The van der Waals surface area contributed by atoms with Gasteiger partial charge in [0.15, 0.2) is 0 Å². The Labute approximate surface area is 116 Å². The van der Waals surface area contributed by atoms with E-state index in [4.69, 9.17) is 4.74 Å². The quantitative estimate of drug-likeness (QED) is 0.418. The van der Waals surface area contributed by atoms with Crippen molar-refractivity contribution >= 4 is 5.97 Å². The zero-order valence-electron chi connectivity index (χ0n) is 12.2. The van der Waals surface area contributed by atoms with E-state index in [-0.39, 0.29) is 11.9 Å². The maximum Gasteiger partial charge on any atom is 0.313 e. The van der Waals surface area contributed by atoms with E-state index in [2.05, 4.69) is 25.1 Å². The van der Waals surface area contributed by atoms with E-state index < -0.39 is 0 Å². The molecule has 1 unspecified atom stereocenters. The molecule has 1 atom stereocenters. The summed E-state index contributed by atoms with van der Waals surface area (Å²) >= 11 is 0. The summed E-state index contributed by atoms with van der Waals surface area (Å²) in [6.07, 6.45) is 6.25. The summed E-state index contributed by atoms with van der Waals surface area (Å²) < 4.78 is 4.93. The Bertz CT molecular complexity index is 407. The van der Waals surface area contributed by atoms with E-state index >= 15 is 0 Å². The molecule has 0 amide bonds. The van der Waals surface area contributed by atoms with Gasteiger partial charge >= 0.3 is 5.97 Å². The van der Waals surface area contributed by atoms with E-state index in [0.717, 1.165) is 18.4 Å². The molecule has 1 rings (SSSR count). The predicted octanol–water partition coefficient (Wildman–Crippen LogP) is 4.15. The third-order valence-electron chi connectivity index (χ3n) is 3.34. The highest BCUT2D eigenvalue weighted by Crippen LogP contribution is 2.19. The van der Waals surface area contributed by atoms with Gasteiger partial charge in [-0.25, -0.2) is 0 Å². The zero-order valence-corrected chi connectivity index (χ0v) is 12.2. The molecule has 0 spiro atoms. The molecule has 0 fully saturated rings. The number of rotatable bonds is 7. The highest BCUT2D eigenvalue weighted by molar-refractivity contribution is 5.76. The molecule has 2 nitrogen and oxygen atoms in total. The molecule has 0 aliphatic heterocycles. The van der Waals surface area contributed by atoms with Crippen LogP contribution in [0, 0.1) is 5.92 Å². The van der Waals surface area contributed by atoms with Crippen LogP contribution < -0.4 is 0 Å². The molecule has 0 aliphatic rings. The van der Waals surface area contributed by atoms with Crippen molar-refractivity contribution in [3.05, 3.63) is 47.5 Å². The van der Waals surface area contributed by atoms with Crippen molar-refractivity contribution in [2.45, 2.75) is 39.5 Å². The molecule has 0 saturated heterocycles. The Hall–Kier alpha value is -1.57. The average molecular weight is 260 g/mol. The van der Waals surface area contributed by atoms with Gasteiger partial charge in [-0.15, -0.1) is 0 Å². The number of hydrogen-bond acceptors (Lipinski definition) is 2. The second-order valence-corrected chi connectivity index (χ2v) is 4.86. The molecule has 2 heteroatoms. The Morgan fingerprint density at radius 1 is 1.32 bits per heavy atom. The zero-order chi connectivity index (χ0) is 14.1. The molecule has 0 aliphatic carbocycles. The van der Waals surface area contributed by atoms with Gasteiger partial charge in [0.05, 0.1) is 13.0 Å². The number of carbonyl (C=O) groups excluding carboxylic acids is 1. The fourth-order valence-electron chi connectivity index (χ4n) is 2.10. The molecule has 0 bridgehead atoms. The van der Waals surface area contributed by atoms with Crippen LogP contribution in [0.15, 0.2) is 42.0 Å². The normalized spacial score (nSPS) is 13.1. The Morgan fingerprint density at radius 2 is 2.00 bits per heavy atom. The van der Waals surface area contributed by atoms with Crippen molar-refractivity contribution in [3.8, 4) is 0 Å². The predicted molar refractivity (Wildman–Crippen MR) is 78.9 cm³/mol. The van der Waals surface area contributed by atoms with Crippen LogP contribution in [0.2, 0.25) is 0 Å². The van der Waals surface area contributed by atoms with Crippen LogP contribution in [0.3, 0.4) is 0 Å². The average Bonchev–Trinajstić information content (AvgIpc) is 2.45. The molecule has 0 heterocycles. The number of benzene rings is 1. The van der Waals surface area contributed by atoms with E-state index in [9.17, 15) is 4.79 Å². The van der Waals surface area contributed by atoms with Gasteiger partial charge in [0.25, 0.3) is 0 Å². The molecule has 0 N–H and O–H groups in total. The first-order chi connectivity index (χ1) is 9.19. The molecule has 104 valence electrons. The first kappa shape index (κ1) is 15.5. The number of esters is 1.